The van der Waals surface area contributed by atoms with E-state index in [4.69, 9.17) is 0 Å². The maximum atomic E-state index is 3.11. The largest absolute Gasteiger partial charge is 0.107 e. The van der Waals surface area contributed by atoms with Gasteiger partial charge in [0.2, 0.25) is 0 Å². The molecule has 72 heavy (non-hydrogen) atoms. The number of rotatable bonds is 6. The summed E-state index contributed by atoms with van der Waals surface area (Å²) in [7, 11) is 2.15. The molecule has 359 valence electrons. The Kier molecular flexibility index (Phi) is 17.4. The van der Waals surface area contributed by atoms with E-state index in [0.29, 0.717) is 0 Å². The monoisotopic (exact) mass is 1160 g/mol. The predicted octanol–water partition coefficient (Wildman–Crippen LogP) is 19.3. The van der Waals surface area contributed by atoms with Crippen molar-refractivity contribution in [2.75, 3.05) is 24.6 Å². The van der Waals surface area contributed by atoms with Crippen LogP contribution in [-0.2, 0) is 18.6 Å². The Morgan fingerprint density at radius 2 is 0.667 bits per heavy atom. The van der Waals surface area contributed by atoms with Gasteiger partial charge in [0, 0.05) is 63.4 Å². The molecule has 0 saturated heterocycles. The zero-order valence-electron chi connectivity index (χ0n) is 42.8. The van der Waals surface area contributed by atoms with Crippen LogP contribution in [0.3, 0.4) is 0 Å². The average molecular weight is 1160 g/mol. The SMILES string of the molecule is C(#Cc1ccccc1)c1ccccc1.CC1=C(C)C(C2=PCC(C)=C2C)=PC1.CC1=C(C2=C(C)C3(C)CP2C(c2ccccc2)=C3c2ccccc2)P2CC1(C)C(c1ccccc1)=C2c1ccccc1.I.[V]. The van der Waals surface area contributed by atoms with E-state index in [1.807, 2.05) is 60.7 Å². The molecule has 6 heterocycles. The first-order chi connectivity index (χ1) is 34.0. The van der Waals surface area contributed by atoms with Gasteiger partial charge in [-0.1, -0.05) is 222 Å². The van der Waals surface area contributed by atoms with Crippen molar-refractivity contribution >= 4 is 88.6 Å². The summed E-state index contributed by atoms with van der Waals surface area (Å²) in [5.41, 5.74) is 20.6. The van der Waals surface area contributed by atoms with Gasteiger partial charge in [0.05, 0.1) is 0 Å². The quantitative estimate of drug-likeness (QED) is 0.0886. The van der Waals surface area contributed by atoms with Crippen LogP contribution in [0, 0.1) is 22.7 Å². The van der Waals surface area contributed by atoms with Crippen LogP contribution in [-0.4, -0.2) is 35.2 Å². The van der Waals surface area contributed by atoms with Crippen molar-refractivity contribution in [3.63, 3.8) is 0 Å². The first-order valence-corrected chi connectivity index (χ1v) is 29.9. The molecule has 0 aliphatic carbocycles. The minimum atomic E-state index is -0.456. The third-order valence-corrected chi connectivity index (χ3v) is 25.0. The molecule has 4 unspecified atom stereocenters. The van der Waals surface area contributed by atoms with E-state index in [2.05, 4.69) is 189 Å². The number of halogens is 1. The van der Waals surface area contributed by atoms with E-state index in [9.17, 15) is 0 Å². The number of hydrogen-bond donors (Lipinski definition) is 0. The van der Waals surface area contributed by atoms with Crippen molar-refractivity contribution in [2.24, 2.45) is 10.8 Å². The van der Waals surface area contributed by atoms with Gasteiger partial charge in [-0.25, -0.2) is 0 Å². The molecule has 0 amide bonds. The van der Waals surface area contributed by atoms with Crippen LogP contribution in [0.2, 0.25) is 0 Å². The maximum Gasteiger partial charge on any atom is 0.0249 e. The van der Waals surface area contributed by atoms with Crippen molar-refractivity contribution in [3.8, 4) is 11.8 Å². The summed E-state index contributed by atoms with van der Waals surface area (Å²) in [4.78, 5) is 0. The second kappa shape index (κ2) is 23.2. The Labute approximate surface area is 465 Å². The Morgan fingerprint density at radius 3 is 0.944 bits per heavy atom. The molecule has 0 nitrogen and oxygen atoms in total. The molecule has 0 spiro atoms. The molecule has 0 N–H and O–H groups in total. The van der Waals surface area contributed by atoms with Crippen molar-refractivity contribution in [1.82, 2.24) is 0 Å². The summed E-state index contributed by atoms with van der Waals surface area (Å²) in [6, 6.07) is 65.1. The normalized spacial score (nSPS) is 22.8. The molecule has 4 bridgehead atoms. The number of allylic oxidation sites excluding steroid dienone is 10. The number of benzene rings is 6. The van der Waals surface area contributed by atoms with E-state index < -0.39 is 15.8 Å². The molecule has 6 aliphatic rings. The fraction of sp³-hybridized carbons (Fsp3) is 0.212. The van der Waals surface area contributed by atoms with Gasteiger partial charge < -0.3 is 0 Å². The minimum absolute atomic E-state index is 0. The Balaban J connectivity index is 0.000000189. The van der Waals surface area contributed by atoms with Gasteiger partial charge in [-0.15, -0.1) is 24.0 Å². The van der Waals surface area contributed by atoms with Crippen molar-refractivity contribution in [2.45, 2.75) is 55.4 Å². The van der Waals surface area contributed by atoms with Crippen molar-refractivity contribution < 1.29 is 18.6 Å². The van der Waals surface area contributed by atoms with Crippen LogP contribution in [0.25, 0.3) is 21.8 Å². The maximum absolute atomic E-state index is 3.11. The van der Waals surface area contributed by atoms with Gasteiger partial charge in [0.1, 0.15) is 0 Å². The molecular formula is C66H63IP4V. The van der Waals surface area contributed by atoms with Gasteiger partial charge >= 0.3 is 0 Å². The molecule has 4 atom stereocenters. The molecule has 0 fully saturated rings. The average Bonchev–Trinajstić information content (AvgIpc) is 4.21. The Morgan fingerprint density at radius 1 is 0.389 bits per heavy atom. The molecule has 1 radical (unpaired) electrons. The Bertz CT molecular complexity index is 3090. The fourth-order valence-corrected chi connectivity index (χ4v) is 22.6. The Hall–Kier alpha value is -4.17. The third kappa shape index (κ3) is 10.2. The smallest absolute Gasteiger partial charge is 0.0249 e. The first kappa shape index (κ1) is 54.1. The molecule has 0 aromatic heterocycles. The molecule has 6 heteroatoms. The van der Waals surface area contributed by atoms with Crippen LogP contribution in [0.4, 0.5) is 0 Å². The van der Waals surface area contributed by atoms with Crippen LogP contribution in [0.15, 0.2) is 226 Å². The second-order valence-corrected chi connectivity index (χ2v) is 26.1. The molecule has 6 aromatic carbocycles. The minimum Gasteiger partial charge on any atom is -0.107 e. The zero-order chi connectivity index (χ0) is 48.6. The summed E-state index contributed by atoms with van der Waals surface area (Å²) in [5, 5.41) is 9.96. The molecule has 12 rings (SSSR count). The topological polar surface area (TPSA) is 0 Å². The summed E-state index contributed by atoms with van der Waals surface area (Å²) in [6.45, 7) is 19.2. The van der Waals surface area contributed by atoms with Crippen LogP contribution < -0.4 is 0 Å². The summed E-state index contributed by atoms with van der Waals surface area (Å²) >= 11 is 0. The van der Waals surface area contributed by atoms with Gasteiger partial charge in [-0.05, 0) is 160 Å². The molecular weight excluding hydrogens is 1090 g/mol. The van der Waals surface area contributed by atoms with Gasteiger partial charge in [-0.3, -0.25) is 0 Å². The van der Waals surface area contributed by atoms with Crippen LogP contribution in [0.5, 0.6) is 0 Å². The van der Waals surface area contributed by atoms with Crippen molar-refractivity contribution in [1.29, 1.82) is 0 Å². The summed E-state index contributed by atoms with van der Waals surface area (Å²) in [6.07, 6.45) is 4.99. The molecule has 0 saturated carbocycles. The van der Waals surface area contributed by atoms with Crippen molar-refractivity contribution in [3.05, 3.63) is 259 Å². The summed E-state index contributed by atoms with van der Waals surface area (Å²) < 4.78 is 0. The standard InChI is InChI=1S/C40H36P2.C14H10.C12H16P2.HI.V/c1-27-35(41-25-39(27,3)33(29-17-9-5-10-18-29)37(41)31-21-13-7-14-22-31)36-28(2)40(4)26-42(36)38(32-23-15-8-16-24-32)34(40)30-19-11-6-12-20-30;1-3-7-13(8-4-1)11-12-14-9-5-2-6-10-14;1-7-5-13-11(9(7)3)12-10(4)8(2)6-14-12;;/h5-24H,25-26H2,1-4H3;1-10H;5-6H2,1-4H3;1H;. The third-order valence-electron chi connectivity index (χ3n) is 15.5. The second-order valence-electron chi connectivity index (χ2n) is 19.8. The number of fused-ring (bicyclic) bond motifs is 4. The first-order valence-electron chi connectivity index (χ1n) is 24.7. The van der Waals surface area contributed by atoms with Crippen LogP contribution >= 0.6 is 56.2 Å². The predicted molar refractivity (Wildman–Crippen MR) is 329 cm³/mol. The van der Waals surface area contributed by atoms with Gasteiger partial charge in [0.15, 0.2) is 0 Å². The number of hydrogen-bond acceptors (Lipinski definition) is 0. The van der Waals surface area contributed by atoms with Gasteiger partial charge in [0.25, 0.3) is 0 Å². The fourth-order valence-electron chi connectivity index (χ4n) is 11.2. The zero-order valence-corrected chi connectivity index (χ0v) is 50.1. The van der Waals surface area contributed by atoms with Crippen LogP contribution in [0.1, 0.15) is 88.8 Å². The summed E-state index contributed by atoms with van der Waals surface area (Å²) in [5.74, 6) is 6.22. The van der Waals surface area contributed by atoms with E-state index in [0.717, 1.165) is 11.1 Å². The van der Waals surface area contributed by atoms with E-state index in [1.165, 1.54) is 63.3 Å². The van der Waals surface area contributed by atoms with E-state index in [-0.39, 0.29) is 53.4 Å². The molecule has 6 aromatic rings. The molecule has 6 aliphatic heterocycles. The van der Waals surface area contributed by atoms with Gasteiger partial charge in [-0.2, -0.15) is 0 Å². The van der Waals surface area contributed by atoms with E-state index in [1.54, 1.807) is 76.4 Å². The van der Waals surface area contributed by atoms with E-state index >= 15 is 0 Å².